The van der Waals surface area contributed by atoms with Crippen molar-refractivity contribution < 1.29 is 0 Å². The fourth-order valence-corrected chi connectivity index (χ4v) is 6.56. The van der Waals surface area contributed by atoms with Crippen LogP contribution in [0.2, 0.25) is 5.02 Å². The van der Waals surface area contributed by atoms with Gasteiger partial charge in [-0.05, 0) is 34.8 Å². The Bertz CT molecular complexity index is 714. The number of aromatic nitrogens is 1. The third-order valence-corrected chi connectivity index (χ3v) is 8.62. The highest BCUT2D eigenvalue weighted by atomic mass is 79.9. The number of halogens is 2. The second kappa shape index (κ2) is 7.72. The second-order valence-electron chi connectivity index (χ2n) is 6.75. The number of hydrogen-bond donors (Lipinski definition) is 1. The van der Waals surface area contributed by atoms with Gasteiger partial charge in [-0.2, -0.15) is 0 Å². The van der Waals surface area contributed by atoms with Crippen LogP contribution < -0.4 is 10.6 Å². The Hall–Kier alpha value is -0.340. The first-order chi connectivity index (χ1) is 12.1. The molecule has 2 aromatic heterocycles. The van der Waals surface area contributed by atoms with Crippen LogP contribution in [-0.2, 0) is 0 Å². The van der Waals surface area contributed by atoms with Crippen LogP contribution in [0.5, 0.6) is 0 Å². The Kier molecular flexibility index (Phi) is 5.57. The highest BCUT2D eigenvalue weighted by Crippen LogP contribution is 2.44. The minimum atomic E-state index is 0.625. The van der Waals surface area contributed by atoms with E-state index in [9.17, 15) is 0 Å². The zero-order chi connectivity index (χ0) is 17.4. The van der Waals surface area contributed by atoms with Crippen LogP contribution in [0.25, 0.3) is 10.6 Å². The Morgan fingerprint density at radius 3 is 2.48 bits per heavy atom. The standard InChI is InChI=1S/C17H22BrClN4S2/c18-15-12(19)10-13(24-15)14-16(25-17(20)21-14)23-8-6-22(7-9-23)11-4-2-1-3-5-11/h10-11H,1-9H2,(H2,20,21). The third-order valence-electron chi connectivity index (χ3n) is 5.20. The molecule has 0 amide bonds. The van der Waals surface area contributed by atoms with Gasteiger partial charge in [-0.25, -0.2) is 4.98 Å². The van der Waals surface area contributed by atoms with Gasteiger partial charge in [0, 0.05) is 32.2 Å². The molecule has 136 valence electrons. The Morgan fingerprint density at radius 1 is 1.12 bits per heavy atom. The van der Waals surface area contributed by atoms with E-state index < -0.39 is 0 Å². The van der Waals surface area contributed by atoms with Gasteiger partial charge < -0.3 is 10.6 Å². The number of nitrogen functional groups attached to an aromatic ring is 1. The topological polar surface area (TPSA) is 45.4 Å². The maximum atomic E-state index is 6.22. The number of nitrogens with zero attached hydrogens (tertiary/aromatic N) is 3. The molecule has 0 aromatic carbocycles. The van der Waals surface area contributed by atoms with Crippen molar-refractivity contribution in [2.45, 2.75) is 38.1 Å². The van der Waals surface area contributed by atoms with Gasteiger partial charge in [0.05, 0.1) is 13.7 Å². The minimum absolute atomic E-state index is 0.625. The van der Waals surface area contributed by atoms with Crippen LogP contribution in [0.15, 0.2) is 9.85 Å². The normalized spacial score (nSPS) is 20.3. The molecule has 4 rings (SSSR count). The van der Waals surface area contributed by atoms with Crippen LogP contribution >= 0.6 is 50.2 Å². The number of thiophene rings is 1. The van der Waals surface area contributed by atoms with Crippen molar-refractivity contribution in [1.29, 1.82) is 0 Å². The van der Waals surface area contributed by atoms with E-state index in [0.717, 1.165) is 51.6 Å². The van der Waals surface area contributed by atoms with E-state index in [0.29, 0.717) is 5.13 Å². The summed E-state index contributed by atoms with van der Waals surface area (Å²) in [6.45, 7) is 4.37. The van der Waals surface area contributed by atoms with E-state index in [1.807, 2.05) is 6.07 Å². The molecule has 0 bridgehead atoms. The SMILES string of the molecule is Nc1nc(-c2cc(Cl)c(Br)s2)c(N2CCN(C3CCCCC3)CC2)s1. The molecule has 1 aliphatic carbocycles. The molecule has 0 unspecified atom stereocenters. The highest BCUT2D eigenvalue weighted by molar-refractivity contribution is 9.11. The van der Waals surface area contributed by atoms with Crippen LogP contribution in [0.4, 0.5) is 10.1 Å². The molecule has 1 saturated carbocycles. The molecule has 2 N–H and O–H groups in total. The van der Waals surface area contributed by atoms with Gasteiger partial charge in [0.15, 0.2) is 5.13 Å². The Labute approximate surface area is 170 Å². The lowest BCUT2D eigenvalue weighted by molar-refractivity contribution is 0.148. The summed E-state index contributed by atoms with van der Waals surface area (Å²) in [5.41, 5.74) is 7.02. The molecule has 0 atom stereocenters. The van der Waals surface area contributed by atoms with Gasteiger partial charge in [0.25, 0.3) is 0 Å². The smallest absolute Gasteiger partial charge is 0.182 e. The first-order valence-electron chi connectivity index (χ1n) is 8.82. The van der Waals surface area contributed by atoms with Gasteiger partial charge >= 0.3 is 0 Å². The number of anilines is 2. The molecule has 4 nitrogen and oxygen atoms in total. The first-order valence-corrected chi connectivity index (χ1v) is 11.6. The molecule has 2 aromatic rings. The maximum Gasteiger partial charge on any atom is 0.182 e. The van der Waals surface area contributed by atoms with Gasteiger partial charge in [0.1, 0.15) is 10.7 Å². The van der Waals surface area contributed by atoms with Crippen LogP contribution in [0, 0.1) is 0 Å². The third kappa shape index (κ3) is 3.86. The molecule has 1 aliphatic heterocycles. The average Bonchev–Trinajstić information content (AvgIpc) is 3.18. The van der Waals surface area contributed by atoms with Crippen molar-refractivity contribution in [3.8, 4) is 10.6 Å². The van der Waals surface area contributed by atoms with Crippen LogP contribution in [0.3, 0.4) is 0 Å². The van der Waals surface area contributed by atoms with Gasteiger partial charge in [0.2, 0.25) is 0 Å². The molecule has 8 heteroatoms. The van der Waals surface area contributed by atoms with Crippen molar-refractivity contribution in [2.24, 2.45) is 0 Å². The molecular formula is C17H22BrClN4S2. The fourth-order valence-electron chi connectivity index (χ4n) is 3.90. The Balaban J connectivity index is 1.49. The van der Waals surface area contributed by atoms with E-state index in [-0.39, 0.29) is 0 Å². The predicted molar refractivity (Wildman–Crippen MR) is 113 cm³/mol. The van der Waals surface area contributed by atoms with Crippen molar-refractivity contribution in [3.05, 3.63) is 14.9 Å². The largest absolute Gasteiger partial charge is 0.375 e. The minimum Gasteiger partial charge on any atom is -0.375 e. The van der Waals surface area contributed by atoms with E-state index in [2.05, 4.69) is 30.7 Å². The molecule has 2 aliphatic rings. The number of thiazole rings is 1. The average molecular weight is 462 g/mol. The lowest BCUT2D eigenvalue weighted by Crippen LogP contribution is -2.50. The second-order valence-corrected chi connectivity index (χ2v) is 10.5. The highest BCUT2D eigenvalue weighted by Gasteiger charge is 2.28. The molecular weight excluding hydrogens is 440 g/mol. The summed E-state index contributed by atoms with van der Waals surface area (Å²) in [7, 11) is 0. The summed E-state index contributed by atoms with van der Waals surface area (Å²) in [5.74, 6) is 0. The van der Waals surface area contributed by atoms with Crippen molar-refractivity contribution in [1.82, 2.24) is 9.88 Å². The lowest BCUT2D eigenvalue weighted by atomic mass is 9.94. The summed E-state index contributed by atoms with van der Waals surface area (Å²) in [6.07, 6.45) is 6.96. The molecule has 1 saturated heterocycles. The van der Waals surface area contributed by atoms with E-state index in [1.54, 1.807) is 22.7 Å². The quantitative estimate of drug-likeness (QED) is 0.671. The van der Waals surface area contributed by atoms with Crippen LogP contribution in [0.1, 0.15) is 32.1 Å². The molecule has 2 fully saturated rings. The predicted octanol–water partition coefficient (Wildman–Crippen LogP) is 5.32. The van der Waals surface area contributed by atoms with Crippen molar-refractivity contribution >= 4 is 60.3 Å². The zero-order valence-corrected chi connectivity index (χ0v) is 18.0. The molecule has 3 heterocycles. The molecule has 25 heavy (non-hydrogen) atoms. The lowest BCUT2D eigenvalue weighted by Gasteiger charge is -2.41. The van der Waals surface area contributed by atoms with Gasteiger partial charge in [-0.1, -0.05) is 42.2 Å². The number of piperazine rings is 1. The van der Waals surface area contributed by atoms with Crippen LogP contribution in [-0.4, -0.2) is 42.1 Å². The van der Waals surface area contributed by atoms with Crippen molar-refractivity contribution in [2.75, 3.05) is 36.8 Å². The summed E-state index contributed by atoms with van der Waals surface area (Å²) < 4.78 is 0.948. The number of rotatable bonds is 3. The summed E-state index contributed by atoms with van der Waals surface area (Å²) in [5, 5.41) is 2.55. The molecule has 0 radical (unpaired) electrons. The fraction of sp³-hybridized carbons (Fsp3) is 0.588. The monoisotopic (exact) mass is 460 g/mol. The summed E-state index contributed by atoms with van der Waals surface area (Å²) >= 11 is 12.9. The van der Waals surface area contributed by atoms with Gasteiger partial charge in [-0.3, -0.25) is 4.90 Å². The molecule has 0 spiro atoms. The maximum absolute atomic E-state index is 6.22. The Morgan fingerprint density at radius 2 is 1.84 bits per heavy atom. The zero-order valence-electron chi connectivity index (χ0n) is 14.0. The van der Waals surface area contributed by atoms with Crippen molar-refractivity contribution in [3.63, 3.8) is 0 Å². The summed E-state index contributed by atoms with van der Waals surface area (Å²) in [6, 6.07) is 2.78. The van der Waals surface area contributed by atoms with E-state index in [1.165, 1.54) is 37.1 Å². The number of nitrogens with two attached hydrogens (primary N) is 1. The number of hydrogen-bond acceptors (Lipinski definition) is 6. The summed E-state index contributed by atoms with van der Waals surface area (Å²) in [4.78, 5) is 10.8. The van der Waals surface area contributed by atoms with E-state index in [4.69, 9.17) is 17.3 Å². The van der Waals surface area contributed by atoms with E-state index >= 15 is 0 Å². The van der Waals surface area contributed by atoms with Gasteiger partial charge in [-0.15, -0.1) is 11.3 Å². The first kappa shape index (κ1) is 18.0.